The number of carbonyl (C=O) groups excluding carboxylic acids is 1. The van der Waals surface area contributed by atoms with Crippen LogP contribution in [0.25, 0.3) is 0 Å². The van der Waals surface area contributed by atoms with Gasteiger partial charge in [-0.2, -0.15) is 5.26 Å². The molecule has 2 aromatic rings. The van der Waals surface area contributed by atoms with Crippen LogP contribution in [0.3, 0.4) is 0 Å². The Morgan fingerprint density at radius 2 is 2.00 bits per heavy atom. The topological polar surface area (TPSA) is 60.2 Å². The van der Waals surface area contributed by atoms with Gasteiger partial charge < -0.3 is 9.80 Å². The molecule has 1 aliphatic rings. The van der Waals surface area contributed by atoms with Crippen LogP contribution in [0.1, 0.15) is 20.2 Å². The van der Waals surface area contributed by atoms with Gasteiger partial charge in [0, 0.05) is 31.1 Å². The van der Waals surface area contributed by atoms with Gasteiger partial charge in [0.25, 0.3) is 5.91 Å². The summed E-state index contributed by atoms with van der Waals surface area (Å²) < 4.78 is 0. The van der Waals surface area contributed by atoms with Crippen LogP contribution in [0.4, 0.5) is 5.82 Å². The van der Waals surface area contributed by atoms with Gasteiger partial charge in [0.2, 0.25) is 0 Å². The lowest BCUT2D eigenvalue weighted by atomic mass is 10.2. The van der Waals surface area contributed by atoms with E-state index in [0.717, 1.165) is 15.6 Å². The Hall–Kier alpha value is -2.10. The number of aryl methyl sites for hydroxylation is 1. The summed E-state index contributed by atoms with van der Waals surface area (Å²) in [5, 5.41) is 9.38. The Labute approximate surface area is 143 Å². The van der Waals surface area contributed by atoms with Gasteiger partial charge in [-0.25, -0.2) is 4.98 Å². The summed E-state index contributed by atoms with van der Waals surface area (Å²) in [5.41, 5.74) is 0.233. The third kappa shape index (κ3) is 3.31. The predicted octanol–water partition coefficient (Wildman–Crippen LogP) is 2.94. The average molecular weight is 347 g/mol. The van der Waals surface area contributed by atoms with Crippen molar-refractivity contribution in [3.63, 3.8) is 0 Å². The van der Waals surface area contributed by atoms with E-state index in [4.69, 9.17) is 16.9 Å². The second-order valence-corrected chi connectivity index (χ2v) is 7.00. The van der Waals surface area contributed by atoms with E-state index < -0.39 is 0 Å². The van der Waals surface area contributed by atoms with E-state index >= 15 is 0 Å². The Bertz CT molecular complexity index is 775. The Balaban J connectivity index is 1.67. The van der Waals surface area contributed by atoms with Gasteiger partial charge in [-0.3, -0.25) is 4.79 Å². The first-order chi connectivity index (χ1) is 11.1. The van der Waals surface area contributed by atoms with Gasteiger partial charge in [-0.05, 0) is 31.2 Å². The number of hydrogen-bond donors (Lipinski definition) is 0. The zero-order chi connectivity index (χ0) is 16.4. The van der Waals surface area contributed by atoms with Crippen LogP contribution < -0.4 is 4.90 Å². The zero-order valence-electron chi connectivity index (χ0n) is 12.6. The van der Waals surface area contributed by atoms with Crippen molar-refractivity contribution in [3.05, 3.63) is 44.7 Å². The van der Waals surface area contributed by atoms with Gasteiger partial charge >= 0.3 is 0 Å². The largest absolute Gasteiger partial charge is 0.353 e. The summed E-state index contributed by atoms with van der Waals surface area (Å²) in [4.78, 5) is 22.6. The van der Waals surface area contributed by atoms with Crippen LogP contribution >= 0.6 is 22.9 Å². The lowest BCUT2D eigenvalue weighted by Gasteiger charge is -2.35. The fourth-order valence-corrected chi connectivity index (χ4v) is 3.51. The number of nitrogens with zero attached hydrogens (tertiary/aromatic N) is 4. The van der Waals surface area contributed by atoms with Gasteiger partial charge in [-0.1, -0.05) is 11.6 Å². The second-order valence-electron chi connectivity index (χ2n) is 5.30. The number of hydrogen-bond acceptors (Lipinski definition) is 5. The first kappa shape index (κ1) is 15.8. The second kappa shape index (κ2) is 6.57. The molecule has 1 saturated heterocycles. The van der Waals surface area contributed by atoms with E-state index in [-0.39, 0.29) is 11.6 Å². The molecule has 5 nitrogen and oxygen atoms in total. The van der Waals surface area contributed by atoms with Gasteiger partial charge in [0.05, 0.1) is 9.90 Å². The highest BCUT2D eigenvalue weighted by molar-refractivity contribution is 7.13. The van der Waals surface area contributed by atoms with Crippen LogP contribution in [-0.2, 0) is 0 Å². The number of nitriles is 1. The summed E-state index contributed by atoms with van der Waals surface area (Å²) in [6.07, 6.45) is 0. The molecule has 0 spiro atoms. The molecule has 1 aliphatic heterocycles. The van der Waals surface area contributed by atoms with Crippen LogP contribution in [0.2, 0.25) is 5.02 Å². The maximum Gasteiger partial charge on any atom is 0.264 e. The minimum absolute atomic E-state index is 0.0875. The monoisotopic (exact) mass is 346 g/mol. The van der Waals surface area contributed by atoms with Gasteiger partial charge in [0.1, 0.15) is 11.9 Å². The maximum atomic E-state index is 12.4. The minimum Gasteiger partial charge on any atom is -0.353 e. The maximum absolute atomic E-state index is 12.4. The number of piperazine rings is 1. The number of halogens is 1. The lowest BCUT2D eigenvalue weighted by molar-refractivity contribution is 0.0751. The zero-order valence-corrected chi connectivity index (χ0v) is 14.2. The minimum atomic E-state index is 0.0875. The summed E-state index contributed by atoms with van der Waals surface area (Å²) in [6.45, 7) is 4.66. The van der Waals surface area contributed by atoms with E-state index in [1.54, 1.807) is 6.07 Å². The van der Waals surface area contributed by atoms with Crippen molar-refractivity contribution in [3.8, 4) is 6.07 Å². The molecule has 7 heteroatoms. The van der Waals surface area contributed by atoms with Crippen LogP contribution in [0, 0.1) is 18.3 Å². The molecule has 118 valence electrons. The predicted molar refractivity (Wildman–Crippen MR) is 91.1 cm³/mol. The number of anilines is 1. The molecular weight excluding hydrogens is 332 g/mol. The van der Waals surface area contributed by atoms with Crippen molar-refractivity contribution >= 4 is 34.7 Å². The number of amides is 1. The van der Waals surface area contributed by atoms with Crippen LogP contribution in [0.15, 0.2) is 24.3 Å². The first-order valence-electron chi connectivity index (χ1n) is 7.26. The van der Waals surface area contributed by atoms with Gasteiger partial charge in [0.15, 0.2) is 5.69 Å². The van der Waals surface area contributed by atoms with Crippen molar-refractivity contribution < 1.29 is 4.79 Å². The summed E-state index contributed by atoms with van der Waals surface area (Å²) in [5.74, 6) is 0.814. The summed E-state index contributed by atoms with van der Waals surface area (Å²) >= 11 is 7.44. The molecule has 0 radical (unpaired) electrons. The standard InChI is InChI=1S/C16H15ClN4OS/c1-11-2-4-14(23-11)16(22)21-8-6-20(7-9-21)15-5-3-12(17)13(10-18)19-15/h2-5H,6-9H2,1H3. The van der Waals surface area contributed by atoms with Gasteiger partial charge in [-0.15, -0.1) is 11.3 Å². The molecule has 1 fully saturated rings. The molecule has 1 amide bonds. The fraction of sp³-hybridized carbons (Fsp3) is 0.312. The lowest BCUT2D eigenvalue weighted by Crippen LogP contribution is -2.48. The third-order valence-corrected chi connectivity index (χ3v) is 5.07. The van der Waals surface area contributed by atoms with Crippen molar-refractivity contribution in [1.29, 1.82) is 5.26 Å². The first-order valence-corrected chi connectivity index (χ1v) is 8.45. The van der Waals surface area contributed by atoms with E-state index in [0.29, 0.717) is 31.2 Å². The Kier molecular flexibility index (Phi) is 4.51. The fourth-order valence-electron chi connectivity index (χ4n) is 2.53. The molecule has 3 heterocycles. The Morgan fingerprint density at radius 3 is 2.61 bits per heavy atom. The van der Waals surface area contributed by atoms with E-state index in [1.165, 1.54) is 11.3 Å². The highest BCUT2D eigenvalue weighted by Gasteiger charge is 2.24. The SMILES string of the molecule is Cc1ccc(C(=O)N2CCN(c3ccc(Cl)c(C#N)n3)CC2)s1. The highest BCUT2D eigenvalue weighted by atomic mass is 35.5. The molecule has 0 bridgehead atoms. The van der Waals surface area contributed by atoms with Crippen molar-refractivity contribution in [2.45, 2.75) is 6.92 Å². The third-order valence-electron chi connectivity index (χ3n) is 3.78. The van der Waals surface area contributed by atoms with E-state index in [2.05, 4.69) is 9.88 Å². The molecule has 3 rings (SSSR count). The molecule has 0 atom stereocenters. The normalized spacial score (nSPS) is 14.7. The molecular formula is C16H15ClN4OS. The highest BCUT2D eigenvalue weighted by Crippen LogP contribution is 2.22. The summed E-state index contributed by atoms with van der Waals surface area (Å²) in [6, 6.07) is 9.34. The van der Waals surface area contributed by atoms with Crippen molar-refractivity contribution in [2.75, 3.05) is 31.1 Å². The number of rotatable bonds is 2. The number of aromatic nitrogens is 1. The Morgan fingerprint density at radius 1 is 1.26 bits per heavy atom. The summed E-state index contributed by atoms with van der Waals surface area (Å²) in [7, 11) is 0. The number of pyridine rings is 1. The van der Waals surface area contributed by atoms with E-state index in [9.17, 15) is 4.79 Å². The number of thiophene rings is 1. The molecule has 0 aromatic carbocycles. The molecule has 0 aliphatic carbocycles. The molecule has 0 N–H and O–H groups in total. The quantitative estimate of drug-likeness (QED) is 0.838. The van der Waals surface area contributed by atoms with Crippen LogP contribution in [-0.4, -0.2) is 42.0 Å². The molecule has 0 saturated carbocycles. The van der Waals surface area contributed by atoms with Crippen LogP contribution in [0.5, 0.6) is 0 Å². The van der Waals surface area contributed by atoms with Crippen molar-refractivity contribution in [2.24, 2.45) is 0 Å². The smallest absolute Gasteiger partial charge is 0.264 e. The number of carbonyl (C=O) groups is 1. The molecule has 0 unspecified atom stereocenters. The molecule has 23 heavy (non-hydrogen) atoms. The molecule has 2 aromatic heterocycles. The average Bonchev–Trinajstić information content (AvgIpc) is 3.01. The van der Waals surface area contributed by atoms with Crippen molar-refractivity contribution in [1.82, 2.24) is 9.88 Å². The van der Waals surface area contributed by atoms with E-state index in [1.807, 2.05) is 36.1 Å².